The van der Waals surface area contributed by atoms with E-state index in [9.17, 15) is 35.9 Å². The average Bonchev–Trinajstić information content (AvgIpc) is 2.44. The lowest BCUT2D eigenvalue weighted by atomic mass is 10.1. The minimum absolute atomic E-state index is 0.461. The van der Waals surface area contributed by atoms with Crippen LogP contribution in [0, 0.1) is 0 Å². The van der Waals surface area contributed by atoms with Gasteiger partial charge in [0.25, 0.3) is 5.91 Å². The van der Waals surface area contributed by atoms with Crippen molar-refractivity contribution in [3.05, 3.63) is 35.4 Å². The van der Waals surface area contributed by atoms with Gasteiger partial charge in [-0.1, -0.05) is 12.1 Å². The van der Waals surface area contributed by atoms with E-state index in [0.717, 1.165) is 0 Å². The van der Waals surface area contributed by atoms with E-state index in [1.54, 1.807) is 5.32 Å². The fourth-order valence-corrected chi connectivity index (χ4v) is 1.64. The van der Waals surface area contributed by atoms with Gasteiger partial charge in [-0.05, 0) is 17.7 Å². The molecule has 23 heavy (non-hydrogen) atoms. The summed E-state index contributed by atoms with van der Waals surface area (Å²) in [4.78, 5) is 22.2. The van der Waals surface area contributed by atoms with Crippen molar-refractivity contribution in [1.82, 2.24) is 5.32 Å². The van der Waals surface area contributed by atoms with Crippen LogP contribution in [0.1, 0.15) is 23.7 Å². The summed E-state index contributed by atoms with van der Waals surface area (Å²) in [6.07, 6.45) is -11.4. The average molecular weight is 343 g/mol. The van der Waals surface area contributed by atoms with E-state index in [1.165, 1.54) is 0 Å². The molecule has 0 saturated heterocycles. The summed E-state index contributed by atoms with van der Waals surface area (Å²) in [5, 5.41) is 10.2. The van der Waals surface area contributed by atoms with Crippen LogP contribution in [-0.4, -0.2) is 29.5 Å². The molecular formula is C13H11F6NO3. The number of hydrogen-bond donors (Lipinski definition) is 2. The Balaban J connectivity index is 2.81. The first-order valence-electron chi connectivity index (χ1n) is 6.15. The molecule has 0 aliphatic carbocycles. The first-order chi connectivity index (χ1) is 10.5. The summed E-state index contributed by atoms with van der Waals surface area (Å²) in [7, 11) is 0. The zero-order valence-electron chi connectivity index (χ0n) is 11.3. The maximum atomic E-state index is 13.8. The molecule has 128 valence electrons. The third-order valence-corrected chi connectivity index (χ3v) is 2.79. The number of benzene rings is 1. The zero-order chi connectivity index (χ0) is 17.8. The molecule has 0 bridgehead atoms. The minimum atomic E-state index is -4.64. The van der Waals surface area contributed by atoms with Crippen molar-refractivity contribution in [3.8, 4) is 0 Å². The van der Waals surface area contributed by atoms with Crippen molar-refractivity contribution in [1.29, 1.82) is 0 Å². The Bertz CT molecular complexity index is 558. The van der Waals surface area contributed by atoms with Crippen LogP contribution >= 0.6 is 0 Å². The number of carboxylic acid groups (broad SMARTS) is 1. The standard InChI is InChI=1S/C13H11F6NO3/c14-9(15)5-8(12(22)23)20-11(21)10(16)6-1-3-7(4-2-6)13(17,18)19/h1-4,8-10H,5H2,(H,20,21)(H,22,23). The highest BCUT2D eigenvalue weighted by Crippen LogP contribution is 2.30. The summed E-state index contributed by atoms with van der Waals surface area (Å²) in [5.74, 6) is -3.31. The SMILES string of the molecule is O=C(O)C(CC(F)F)NC(=O)C(F)c1ccc(C(F)(F)F)cc1. The second-order valence-corrected chi connectivity index (χ2v) is 4.51. The van der Waals surface area contributed by atoms with Crippen LogP contribution in [-0.2, 0) is 15.8 Å². The van der Waals surface area contributed by atoms with E-state index in [4.69, 9.17) is 5.11 Å². The smallest absolute Gasteiger partial charge is 0.416 e. The Morgan fingerprint density at radius 3 is 2.00 bits per heavy atom. The van der Waals surface area contributed by atoms with E-state index in [0.29, 0.717) is 24.3 Å². The number of carbonyl (C=O) groups excluding carboxylic acids is 1. The molecule has 1 amide bonds. The molecule has 1 aromatic carbocycles. The van der Waals surface area contributed by atoms with Crippen LogP contribution in [0.15, 0.2) is 24.3 Å². The number of hydrogen-bond acceptors (Lipinski definition) is 2. The van der Waals surface area contributed by atoms with Gasteiger partial charge >= 0.3 is 12.1 Å². The topological polar surface area (TPSA) is 66.4 Å². The van der Waals surface area contributed by atoms with Crippen LogP contribution in [0.3, 0.4) is 0 Å². The summed E-state index contributed by atoms with van der Waals surface area (Å²) < 4.78 is 75.2. The molecule has 0 radical (unpaired) electrons. The summed E-state index contributed by atoms with van der Waals surface area (Å²) in [5.41, 5.74) is -1.52. The molecule has 4 nitrogen and oxygen atoms in total. The lowest BCUT2D eigenvalue weighted by molar-refractivity contribution is -0.144. The molecule has 0 fully saturated rings. The number of nitrogens with one attached hydrogen (secondary N) is 1. The highest BCUT2D eigenvalue weighted by atomic mass is 19.4. The molecule has 0 saturated carbocycles. The highest BCUT2D eigenvalue weighted by molar-refractivity contribution is 5.87. The van der Waals surface area contributed by atoms with Crippen LogP contribution in [0.5, 0.6) is 0 Å². The highest BCUT2D eigenvalue weighted by Gasteiger charge is 2.32. The van der Waals surface area contributed by atoms with Crippen molar-refractivity contribution < 1.29 is 41.0 Å². The second kappa shape index (κ2) is 7.34. The van der Waals surface area contributed by atoms with E-state index >= 15 is 0 Å². The van der Waals surface area contributed by atoms with E-state index in [-0.39, 0.29) is 0 Å². The first-order valence-corrected chi connectivity index (χ1v) is 6.15. The molecule has 2 unspecified atom stereocenters. The molecule has 10 heteroatoms. The molecule has 2 atom stereocenters. The zero-order valence-corrected chi connectivity index (χ0v) is 11.3. The molecule has 2 N–H and O–H groups in total. The molecule has 1 rings (SSSR count). The molecule has 0 heterocycles. The Labute approximate surface area is 126 Å². The number of alkyl halides is 6. The van der Waals surface area contributed by atoms with Gasteiger partial charge in [0.15, 0.2) is 0 Å². The fourth-order valence-electron chi connectivity index (χ4n) is 1.64. The number of aliphatic carboxylic acids is 1. The van der Waals surface area contributed by atoms with E-state index in [2.05, 4.69) is 0 Å². The van der Waals surface area contributed by atoms with Gasteiger partial charge in [-0.3, -0.25) is 4.79 Å². The molecular weight excluding hydrogens is 332 g/mol. The monoisotopic (exact) mass is 343 g/mol. The first kappa shape index (κ1) is 18.8. The molecule has 0 spiro atoms. The van der Waals surface area contributed by atoms with Crippen molar-refractivity contribution >= 4 is 11.9 Å². The third kappa shape index (κ3) is 5.46. The van der Waals surface area contributed by atoms with Gasteiger partial charge in [-0.25, -0.2) is 18.0 Å². The van der Waals surface area contributed by atoms with Gasteiger partial charge in [-0.2, -0.15) is 13.2 Å². The fraction of sp³-hybridized carbons (Fsp3) is 0.385. The summed E-state index contributed by atoms with van der Waals surface area (Å²) in [6, 6.07) is 0.494. The van der Waals surface area contributed by atoms with Crippen molar-refractivity contribution in [2.45, 2.75) is 31.2 Å². The van der Waals surface area contributed by atoms with E-state index < -0.39 is 54.2 Å². The van der Waals surface area contributed by atoms with Crippen LogP contribution in [0.2, 0.25) is 0 Å². The van der Waals surface area contributed by atoms with Crippen LogP contribution in [0.4, 0.5) is 26.3 Å². The van der Waals surface area contributed by atoms with Gasteiger partial charge in [0.1, 0.15) is 6.04 Å². The second-order valence-electron chi connectivity index (χ2n) is 4.51. The lowest BCUT2D eigenvalue weighted by Crippen LogP contribution is -2.43. The Morgan fingerprint density at radius 2 is 1.61 bits per heavy atom. The Morgan fingerprint density at radius 1 is 1.09 bits per heavy atom. The van der Waals surface area contributed by atoms with Gasteiger partial charge in [-0.15, -0.1) is 0 Å². The number of amides is 1. The van der Waals surface area contributed by atoms with Crippen molar-refractivity contribution in [2.24, 2.45) is 0 Å². The van der Waals surface area contributed by atoms with Crippen molar-refractivity contribution in [2.75, 3.05) is 0 Å². The van der Waals surface area contributed by atoms with Gasteiger partial charge in [0.2, 0.25) is 12.6 Å². The molecule has 0 aliphatic rings. The van der Waals surface area contributed by atoms with Gasteiger partial charge in [0, 0.05) is 6.42 Å². The molecule has 0 aliphatic heterocycles. The quantitative estimate of drug-likeness (QED) is 0.781. The largest absolute Gasteiger partial charge is 0.480 e. The van der Waals surface area contributed by atoms with Gasteiger partial charge in [0.05, 0.1) is 5.56 Å². The minimum Gasteiger partial charge on any atom is -0.480 e. The maximum Gasteiger partial charge on any atom is 0.416 e. The third-order valence-electron chi connectivity index (χ3n) is 2.79. The molecule has 1 aromatic rings. The van der Waals surface area contributed by atoms with Crippen molar-refractivity contribution in [3.63, 3.8) is 0 Å². The van der Waals surface area contributed by atoms with Crippen LogP contribution < -0.4 is 5.32 Å². The maximum absolute atomic E-state index is 13.8. The predicted molar refractivity (Wildman–Crippen MR) is 65.5 cm³/mol. The molecule has 0 aromatic heterocycles. The lowest BCUT2D eigenvalue weighted by Gasteiger charge is -2.16. The number of halogens is 6. The number of carbonyl (C=O) groups is 2. The Hall–Kier alpha value is -2.26. The van der Waals surface area contributed by atoms with E-state index in [1.807, 2.05) is 0 Å². The Kier molecular flexibility index (Phi) is 5.99. The van der Waals surface area contributed by atoms with Crippen LogP contribution in [0.25, 0.3) is 0 Å². The number of carboxylic acids is 1. The van der Waals surface area contributed by atoms with Gasteiger partial charge < -0.3 is 10.4 Å². The summed E-state index contributed by atoms with van der Waals surface area (Å²) >= 11 is 0. The number of rotatable bonds is 6. The normalized spacial score (nSPS) is 14.4. The summed E-state index contributed by atoms with van der Waals surface area (Å²) in [6.45, 7) is 0. The predicted octanol–water partition coefficient (Wildman–Crippen LogP) is 2.94.